The summed E-state index contributed by atoms with van der Waals surface area (Å²) in [5, 5.41) is 2.20. The molecule has 0 N–H and O–H groups in total. The van der Waals surface area contributed by atoms with Gasteiger partial charge in [0.15, 0.2) is 0 Å². The molecule has 6 aromatic rings. The number of fused-ring (bicyclic) bond motifs is 3. The first-order valence-corrected chi connectivity index (χ1v) is 11.4. The van der Waals surface area contributed by atoms with Crippen LogP contribution in [0.5, 0.6) is 0 Å². The average molecular weight is 435 g/mol. The Morgan fingerprint density at radius 2 is 1.18 bits per heavy atom. The highest BCUT2D eigenvalue weighted by Crippen LogP contribution is 2.37. The molecule has 0 aliphatic rings. The van der Waals surface area contributed by atoms with Crippen LogP contribution in [0.4, 0.5) is 0 Å². The lowest BCUT2D eigenvalue weighted by Gasteiger charge is -2.14. The number of hydrogen-bond acceptors (Lipinski definition) is 2. The Labute approximate surface area is 198 Å². The van der Waals surface area contributed by atoms with E-state index in [0.717, 1.165) is 55.3 Å². The molecule has 0 radical (unpaired) electrons. The van der Waals surface area contributed by atoms with Crippen LogP contribution in [0.1, 0.15) is 5.56 Å². The van der Waals surface area contributed by atoms with Gasteiger partial charge in [-0.3, -0.25) is 4.98 Å². The molecule has 0 spiro atoms. The van der Waals surface area contributed by atoms with E-state index in [1.165, 1.54) is 5.56 Å². The zero-order chi connectivity index (χ0) is 22.9. The van der Waals surface area contributed by atoms with Crippen LogP contribution in [0.25, 0.3) is 61.4 Å². The van der Waals surface area contributed by atoms with Gasteiger partial charge in [0.1, 0.15) is 0 Å². The molecule has 0 amide bonds. The maximum Gasteiger partial charge on any atom is 0.0978 e. The van der Waals surface area contributed by atoms with Crippen LogP contribution < -0.4 is 0 Å². The van der Waals surface area contributed by atoms with Crippen molar-refractivity contribution in [2.75, 3.05) is 0 Å². The Morgan fingerprint density at radius 3 is 1.82 bits per heavy atom. The molecular weight excluding hydrogens is 412 g/mol. The van der Waals surface area contributed by atoms with E-state index in [0.29, 0.717) is 0 Å². The summed E-state index contributed by atoms with van der Waals surface area (Å²) in [6.45, 7) is 3.87. The van der Waals surface area contributed by atoms with Crippen LogP contribution in [0.3, 0.4) is 0 Å². The van der Waals surface area contributed by atoms with Crippen LogP contribution >= 0.6 is 0 Å². The van der Waals surface area contributed by atoms with E-state index in [9.17, 15) is 0 Å². The third-order valence-electron chi connectivity index (χ3n) is 6.30. The Kier molecular flexibility index (Phi) is 4.97. The first kappa shape index (κ1) is 20.1. The molecule has 34 heavy (non-hydrogen) atoms. The summed E-state index contributed by atoms with van der Waals surface area (Å²) in [6, 6.07) is 38.0. The summed E-state index contributed by atoms with van der Waals surface area (Å²) in [7, 11) is 0. The zero-order valence-corrected chi connectivity index (χ0v) is 18.6. The van der Waals surface area contributed by atoms with Crippen molar-refractivity contribution in [3.8, 4) is 33.5 Å². The van der Waals surface area contributed by atoms with Crippen LogP contribution in [-0.2, 0) is 0 Å². The first-order valence-electron chi connectivity index (χ1n) is 11.4. The maximum absolute atomic E-state index is 5.16. The molecule has 0 aliphatic heterocycles. The predicted octanol–water partition coefficient (Wildman–Crippen LogP) is 8.43. The van der Waals surface area contributed by atoms with E-state index in [1.807, 2.05) is 24.4 Å². The molecule has 160 valence electrons. The number of rotatable bonds is 4. The fourth-order valence-corrected chi connectivity index (χ4v) is 4.57. The van der Waals surface area contributed by atoms with Gasteiger partial charge >= 0.3 is 0 Å². The second-order valence-corrected chi connectivity index (χ2v) is 8.33. The third kappa shape index (κ3) is 3.46. The lowest BCUT2D eigenvalue weighted by atomic mass is 9.95. The van der Waals surface area contributed by atoms with Crippen molar-refractivity contribution < 1.29 is 0 Å². The van der Waals surface area contributed by atoms with Crippen molar-refractivity contribution in [3.05, 3.63) is 128 Å². The lowest BCUT2D eigenvalue weighted by Crippen LogP contribution is -1.93. The largest absolute Gasteiger partial charge is 0.254 e. The molecule has 2 heteroatoms. The lowest BCUT2D eigenvalue weighted by molar-refractivity contribution is 1.37. The molecule has 0 saturated heterocycles. The van der Waals surface area contributed by atoms with Gasteiger partial charge in [0.25, 0.3) is 0 Å². The van der Waals surface area contributed by atoms with Gasteiger partial charge in [-0.2, -0.15) is 0 Å². The Hall–Kier alpha value is -4.56. The smallest absolute Gasteiger partial charge is 0.0978 e. The van der Waals surface area contributed by atoms with Crippen LogP contribution in [-0.4, -0.2) is 9.97 Å². The van der Waals surface area contributed by atoms with Gasteiger partial charge in [0.05, 0.1) is 16.7 Å². The number of nitrogens with zero attached hydrogens (tertiary/aromatic N) is 2. The van der Waals surface area contributed by atoms with Crippen molar-refractivity contribution in [1.82, 2.24) is 9.97 Å². The number of benzene rings is 4. The molecule has 0 aliphatic carbocycles. The molecule has 0 saturated carbocycles. The monoisotopic (exact) mass is 434 g/mol. The van der Waals surface area contributed by atoms with Crippen molar-refractivity contribution >= 4 is 27.9 Å². The van der Waals surface area contributed by atoms with Gasteiger partial charge < -0.3 is 0 Å². The summed E-state index contributed by atoms with van der Waals surface area (Å²) in [5.74, 6) is 0. The molecule has 0 unspecified atom stereocenters. The molecule has 2 aromatic heterocycles. The summed E-state index contributed by atoms with van der Waals surface area (Å²) >= 11 is 0. The second kappa shape index (κ2) is 8.42. The van der Waals surface area contributed by atoms with Gasteiger partial charge in [-0.05, 0) is 39.9 Å². The van der Waals surface area contributed by atoms with E-state index in [4.69, 9.17) is 9.97 Å². The van der Waals surface area contributed by atoms with Crippen molar-refractivity contribution in [3.63, 3.8) is 0 Å². The Balaban J connectivity index is 1.68. The molecule has 0 fully saturated rings. The average Bonchev–Trinajstić information content (AvgIpc) is 2.93. The SMILES string of the molecule is C=Cc1ccc(-c2cc(-c3ccccc3)c3ccc4c(-c5ccccc5)ccnc4c3n2)cc1. The Morgan fingerprint density at radius 1 is 0.559 bits per heavy atom. The standard InChI is InChI=1S/C32H22N2/c1-2-22-13-15-25(16-14-22)30-21-29(24-11-7-4-8-12-24)28-18-17-27-26(23-9-5-3-6-10-23)19-20-33-31(27)32(28)34-30/h2-21H,1H2. The van der Waals surface area contributed by atoms with Crippen molar-refractivity contribution in [2.24, 2.45) is 0 Å². The van der Waals surface area contributed by atoms with Gasteiger partial charge in [-0.1, -0.05) is 110 Å². The third-order valence-corrected chi connectivity index (χ3v) is 6.30. The minimum absolute atomic E-state index is 0.916. The van der Waals surface area contributed by atoms with Gasteiger partial charge in [-0.25, -0.2) is 4.98 Å². The molecule has 4 aromatic carbocycles. The highest BCUT2D eigenvalue weighted by molar-refractivity contribution is 6.12. The molecule has 2 heterocycles. The summed E-state index contributed by atoms with van der Waals surface area (Å²) in [5.41, 5.74) is 9.58. The molecular formula is C32H22N2. The summed E-state index contributed by atoms with van der Waals surface area (Å²) in [4.78, 5) is 9.98. The molecule has 0 bridgehead atoms. The molecule has 2 nitrogen and oxygen atoms in total. The highest BCUT2D eigenvalue weighted by atomic mass is 14.8. The fourth-order valence-electron chi connectivity index (χ4n) is 4.57. The maximum atomic E-state index is 5.16. The van der Waals surface area contributed by atoms with Gasteiger partial charge in [0, 0.05) is 22.5 Å². The van der Waals surface area contributed by atoms with E-state index in [1.54, 1.807) is 0 Å². The first-order chi connectivity index (χ1) is 16.8. The quantitative estimate of drug-likeness (QED) is 0.260. The normalized spacial score (nSPS) is 11.1. The summed E-state index contributed by atoms with van der Waals surface area (Å²) in [6.07, 6.45) is 3.75. The predicted molar refractivity (Wildman–Crippen MR) is 143 cm³/mol. The second-order valence-electron chi connectivity index (χ2n) is 8.33. The number of hydrogen-bond donors (Lipinski definition) is 0. The highest BCUT2D eigenvalue weighted by Gasteiger charge is 2.14. The van der Waals surface area contributed by atoms with E-state index >= 15 is 0 Å². The van der Waals surface area contributed by atoms with Crippen molar-refractivity contribution in [2.45, 2.75) is 0 Å². The van der Waals surface area contributed by atoms with Gasteiger partial charge in [-0.15, -0.1) is 0 Å². The molecule has 0 atom stereocenters. The molecule has 6 rings (SSSR count). The van der Waals surface area contributed by atoms with Crippen LogP contribution in [0.15, 0.2) is 122 Å². The Bertz CT molecular complexity index is 1630. The van der Waals surface area contributed by atoms with Crippen molar-refractivity contribution in [1.29, 1.82) is 0 Å². The van der Waals surface area contributed by atoms with E-state index in [-0.39, 0.29) is 0 Å². The topological polar surface area (TPSA) is 25.8 Å². The number of aromatic nitrogens is 2. The van der Waals surface area contributed by atoms with E-state index < -0.39 is 0 Å². The van der Waals surface area contributed by atoms with E-state index in [2.05, 4.69) is 104 Å². The van der Waals surface area contributed by atoms with Gasteiger partial charge in [0.2, 0.25) is 0 Å². The zero-order valence-electron chi connectivity index (χ0n) is 18.6. The van der Waals surface area contributed by atoms with Crippen LogP contribution in [0.2, 0.25) is 0 Å². The van der Waals surface area contributed by atoms with Crippen LogP contribution in [0, 0.1) is 0 Å². The fraction of sp³-hybridized carbons (Fsp3) is 0. The minimum atomic E-state index is 0.916. The minimum Gasteiger partial charge on any atom is -0.254 e. The number of pyridine rings is 2. The summed E-state index contributed by atoms with van der Waals surface area (Å²) < 4.78 is 0.